The highest BCUT2D eigenvalue weighted by Crippen LogP contribution is 2.41. The fourth-order valence-electron chi connectivity index (χ4n) is 1.64. The van der Waals surface area contributed by atoms with Gasteiger partial charge >= 0.3 is 0 Å². The third-order valence-electron chi connectivity index (χ3n) is 2.71. The van der Waals surface area contributed by atoms with E-state index in [0.717, 1.165) is 16.5 Å². The van der Waals surface area contributed by atoms with E-state index in [2.05, 4.69) is 15.9 Å². The highest BCUT2D eigenvalue weighted by Gasteiger charge is 2.21. The Labute approximate surface area is 122 Å². The van der Waals surface area contributed by atoms with Gasteiger partial charge in [0.15, 0.2) is 0 Å². The van der Waals surface area contributed by atoms with Crippen molar-refractivity contribution in [2.24, 2.45) is 0 Å². The van der Waals surface area contributed by atoms with Crippen molar-refractivity contribution in [1.29, 1.82) is 0 Å². The Kier molecular flexibility index (Phi) is 4.09. The lowest BCUT2D eigenvalue weighted by molar-refractivity contribution is 0.569. The predicted molar refractivity (Wildman–Crippen MR) is 75.9 cm³/mol. The van der Waals surface area contributed by atoms with Crippen LogP contribution in [0.2, 0.25) is 5.02 Å². The summed E-state index contributed by atoms with van der Waals surface area (Å²) < 4.78 is 27.0. The molecule has 2 aromatic rings. The highest BCUT2D eigenvalue weighted by atomic mass is 79.9. The molecule has 18 heavy (non-hydrogen) atoms. The van der Waals surface area contributed by atoms with Crippen molar-refractivity contribution in [1.82, 2.24) is 0 Å². The maximum Gasteiger partial charge on any atom is 0.130 e. The molecule has 0 radical (unpaired) electrons. The second kappa shape index (κ2) is 5.27. The van der Waals surface area contributed by atoms with E-state index in [1.165, 1.54) is 17.4 Å². The smallest absolute Gasteiger partial charge is 0.130 e. The molecule has 0 spiro atoms. The minimum Gasteiger partial charge on any atom is -0.207 e. The van der Waals surface area contributed by atoms with Gasteiger partial charge in [0.2, 0.25) is 0 Å². The Morgan fingerprint density at radius 2 is 1.83 bits per heavy atom. The van der Waals surface area contributed by atoms with E-state index in [1.54, 1.807) is 6.92 Å². The second-order valence-corrected chi connectivity index (χ2v) is 6.29. The number of aryl methyl sites for hydroxylation is 2. The molecule has 1 unspecified atom stereocenters. The first-order chi connectivity index (χ1) is 8.41. The molecule has 2 rings (SSSR count). The topological polar surface area (TPSA) is 0 Å². The molecule has 1 atom stereocenters. The molecule has 0 saturated heterocycles. The highest BCUT2D eigenvalue weighted by molar-refractivity contribution is 9.09. The number of alkyl halides is 1. The van der Waals surface area contributed by atoms with Crippen molar-refractivity contribution in [2.45, 2.75) is 18.7 Å². The van der Waals surface area contributed by atoms with Crippen molar-refractivity contribution in [3.63, 3.8) is 0 Å². The van der Waals surface area contributed by atoms with Crippen LogP contribution in [0.25, 0.3) is 0 Å². The Morgan fingerprint density at radius 3 is 2.39 bits per heavy atom. The number of benzene rings is 1. The van der Waals surface area contributed by atoms with Gasteiger partial charge in [0.25, 0.3) is 0 Å². The Balaban J connectivity index is 2.49. The predicted octanol–water partition coefficient (Wildman–Crippen LogP) is 5.78. The Bertz CT molecular complexity index is 595. The molecule has 96 valence electrons. The van der Waals surface area contributed by atoms with E-state index in [1.807, 2.05) is 12.3 Å². The van der Waals surface area contributed by atoms with Crippen LogP contribution in [0, 0.1) is 25.5 Å². The van der Waals surface area contributed by atoms with Gasteiger partial charge < -0.3 is 0 Å². The first-order valence-corrected chi connectivity index (χ1v) is 7.42. The molecule has 0 saturated carbocycles. The molecule has 0 amide bonds. The largest absolute Gasteiger partial charge is 0.207 e. The molecule has 0 fully saturated rings. The van der Waals surface area contributed by atoms with E-state index in [4.69, 9.17) is 11.6 Å². The summed E-state index contributed by atoms with van der Waals surface area (Å²) in [6.07, 6.45) is 0. The normalized spacial score (nSPS) is 12.8. The van der Waals surface area contributed by atoms with Crippen molar-refractivity contribution >= 4 is 38.9 Å². The summed E-state index contributed by atoms with van der Waals surface area (Å²) in [4.78, 5) is 0.474. The second-order valence-electron chi connectivity index (χ2n) is 4.08. The zero-order valence-corrected chi connectivity index (χ0v) is 12.9. The zero-order valence-electron chi connectivity index (χ0n) is 9.73. The third kappa shape index (κ3) is 2.46. The molecule has 0 aliphatic rings. The lowest BCUT2D eigenvalue weighted by Gasteiger charge is -2.12. The van der Waals surface area contributed by atoms with Crippen molar-refractivity contribution < 1.29 is 8.78 Å². The van der Waals surface area contributed by atoms with E-state index < -0.39 is 11.6 Å². The summed E-state index contributed by atoms with van der Waals surface area (Å²) in [5.41, 5.74) is 1.78. The molecule has 1 aromatic carbocycles. The molecule has 0 N–H and O–H groups in total. The van der Waals surface area contributed by atoms with Crippen LogP contribution >= 0.6 is 38.9 Å². The standard InChI is InChI=1S/C13H10BrClF2S/c1-6-3-8(10(17)4-9(6)16)11(14)13-12(15)7(2)5-18-13/h3-5,11H,1-2H3. The van der Waals surface area contributed by atoms with Crippen LogP contribution < -0.4 is 0 Å². The van der Waals surface area contributed by atoms with Crippen LogP contribution in [0.5, 0.6) is 0 Å². The molecule has 1 aromatic heterocycles. The van der Waals surface area contributed by atoms with E-state index in [0.29, 0.717) is 16.1 Å². The van der Waals surface area contributed by atoms with Gasteiger partial charge in [0, 0.05) is 16.5 Å². The molecular formula is C13H10BrClF2S. The van der Waals surface area contributed by atoms with Gasteiger partial charge in [-0.25, -0.2) is 8.78 Å². The maximum atomic E-state index is 13.8. The summed E-state index contributed by atoms with van der Waals surface area (Å²) in [6, 6.07) is 2.42. The first-order valence-electron chi connectivity index (χ1n) is 5.25. The minimum atomic E-state index is -0.568. The number of halogens is 4. The third-order valence-corrected chi connectivity index (χ3v) is 5.74. The SMILES string of the molecule is Cc1cc(C(Br)c2scc(C)c2Cl)c(F)cc1F. The van der Waals surface area contributed by atoms with Crippen LogP contribution in [0.4, 0.5) is 8.78 Å². The summed E-state index contributed by atoms with van der Waals surface area (Å²) >= 11 is 11.1. The summed E-state index contributed by atoms with van der Waals surface area (Å²) in [6.45, 7) is 3.51. The molecule has 0 aliphatic heterocycles. The van der Waals surface area contributed by atoms with Crippen LogP contribution in [0.3, 0.4) is 0 Å². The van der Waals surface area contributed by atoms with Gasteiger partial charge in [-0.15, -0.1) is 11.3 Å². The molecular weight excluding hydrogens is 342 g/mol. The van der Waals surface area contributed by atoms with Crippen LogP contribution in [0.15, 0.2) is 17.5 Å². The van der Waals surface area contributed by atoms with E-state index >= 15 is 0 Å². The summed E-state index contributed by atoms with van der Waals surface area (Å²) in [5, 5.41) is 2.54. The maximum absolute atomic E-state index is 13.8. The summed E-state index contributed by atoms with van der Waals surface area (Å²) in [5.74, 6) is -1.11. The van der Waals surface area contributed by atoms with Crippen molar-refractivity contribution in [3.05, 3.63) is 55.7 Å². The Hall–Kier alpha value is -0.450. The van der Waals surface area contributed by atoms with Gasteiger partial charge in [-0.2, -0.15) is 0 Å². The first kappa shape index (κ1) is 14.0. The van der Waals surface area contributed by atoms with Gasteiger partial charge in [-0.1, -0.05) is 27.5 Å². The molecule has 5 heteroatoms. The lowest BCUT2D eigenvalue weighted by atomic mass is 10.1. The fourth-order valence-corrected chi connectivity index (χ4v) is 3.97. The van der Waals surface area contributed by atoms with Gasteiger partial charge in [0.05, 0.1) is 9.85 Å². The van der Waals surface area contributed by atoms with Gasteiger partial charge in [0.1, 0.15) is 11.6 Å². The molecule has 0 nitrogen and oxygen atoms in total. The zero-order chi connectivity index (χ0) is 13.4. The Morgan fingerprint density at radius 1 is 1.17 bits per heavy atom. The van der Waals surface area contributed by atoms with E-state index in [-0.39, 0.29) is 4.83 Å². The lowest BCUT2D eigenvalue weighted by Crippen LogP contribution is -1.98. The number of hydrogen-bond acceptors (Lipinski definition) is 1. The number of rotatable bonds is 2. The van der Waals surface area contributed by atoms with Crippen LogP contribution in [-0.4, -0.2) is 0 Å². The van der Waals surface area contributed by atoms with Crippen LogP contribution in [0.1, 0.15) is 26.4 Å². The van der Waals surface area contributed by atoms with Gasteiger partial charge in [-0.3, -0.25) is 0 Å². The average molecular weight is 352 g/mol. The number of hydrogen-bond donors (Lipinski definition) is 0. The fraction of sp³-hybridized carbons (Fsp3) is 0.231. The summed E-state index contributed by atoms with van der Waals surface area (Å²) in [7, 11) is 0. The average Bonchev–Trinajstić information content (AvgIpc) is 2.64. The number of thiophene rings is 1. The van der Waals surface area contributed by atoms with Gasteiger partial charge in [-0.05, 0) is 36.4 Å². The van der Waals surface area contributed by atoms with Crippen LogP contribution in [-0.2, 0) is 0 Å². The monoisotopic (exact) mass is 350 g/mol. The quantitative estimate of drug-likeness (QED) is 0.602. The molecule has 0 aliphatic carbocycles. The van der Waals surface area contributed by atoms with E-state index in [9.17, 15) is 8.78 Å². The molecule has 0 bridgehead atoms. The molecule has 1 heterocycles. The van der Waals surface area contributed by atoms with Crippen molar-refractivity contribution in [3.8, 4) is 0 Å². The van der Waals surface area contributed by atoms with Crippen molar-refractivity contribution in [2.75, 3.05) is 0 Å². The minimum absolute atomic E-state index is 0.358.